The van der Waals surface area contributed by atoms with Crippen LogP contribution < -0.4 is 0 Å². The Kier molecular flexibility index (Phi) is 5.17. The summed E-state index contributed by atoms with van der Waals surface area (Å²) in [5.41, 5.74) is 2.77. The largest absolute Gasteiger partial charge is 0.389 e. The van der Waals surface area contributed by atoms with Gasteiger partial charge in [0.15, 0.2) is 0 Å². The fraction of sp³-hybridized carbons (Fsp3) is 0.600. The Morgan fingerprint density at radius 2 is 1.94 bits per heavy atom. The van der Waals surface area contributed by atoms with E-state index in [1.54, 1.807) is 0 Å². The number of β-amino-alcohol motifs (C(OH)–C–C–N with tert-alkyl or cyclic N) is 1. The van der Waals surface area contributed by atoms with Crippen molar-refractivity contribution in [3.63, 3.8) is 0 Å². The normalized spacial score (nSPS) is 16.8. The maximum absolute atomic E-state index is 9.92. The number of fused-ring (bicyclic) bond motifs is 1. The molecular formula is C15H23NO2. The van der Waals surface area contributed by atoms with Gasteiger partial charge >= 0.3 is 0 Å². The van der Waals surface area contributed by atoms with Crippen LogP contribution in [-0.4, -0.2) is 35.9 Å². The molecule has 1 atom stereocenters. The summed E-state index contributed by atoms with van der Waals surface area (Å²) in [5.74, 6) is 0. The lowest BCUT2D eigenvalue weighted by Gasteiger charge is -2.19. The summed E-state index contributed by atoms with van der Waals surface area (Å²) < 4.78 is 5.45. The summed E-state index contributed by atoms with van der Waals surface area (Å²) in [5, 5.41) is 9.92. The molecule has 18 heavy (non-hydrogen) atoms. The van der Waals surface area contributed by atoms with E-state index in [-0.39, 0.29) is 6.10 Å². The highest BCUT2D eigenvalue weighted by Crippen LogP contribution is 2.21. The van der Waals surface area contributed by atoms with Gasteiger partial charge in [-0.15, -0.1) is 0 Å². The zero-order valence-corrected chi connectivity index (χ0v) is 11.1. The van der Waals surface area contributed by atoms with E-state index in [4.69, 9.17) is 4.74 Å². The lowest BCUT2D eigenvalue weighted by Crippen LogP contribution is -2.31. The Hall–Kier alpha value is -0.900. The first-order valence-corrected chi connectivity index (χ1v) is 6.84. The van der Waals surface area contributed by atoms with Crippen LogP contribution in [0, 0.1) is 0 Å². The maximum atomic E-state index is 9.92. The Bertz CT molecular complexity index is 342. The van der Waals surface area contributed by atoms with Gasteiger partial charge in [0, 0.05) is 26.2 Å². The van der Waals surface area contributed by atoms with Crippen LogP contribution in [0.15, 0.2) is 24.3 Å². The summed E-state index contributed by atoms with van der Waals surface area (Å²) in [6.45, 7) is 5.94. The molecule has 2 rings (SSSR count). The molecule has 1 unspecified atom stereocenters. The number of benzene rings is 1. The molecule has 1 heterocycles. The second kappa shape index (κ2) is 6.88. The lowest BCUT2D eigenvalue weighted by atomic mass is 10.1. The monoisotopic (exact) mass is 249 g/mol. The molecule has 0 spiro atoms. The molecule has 1 aliphatic rings. The third kappa shape index (κ3) is 3.80. The highest BCUT2D eigenvalue weighted by atomic mass is 16.5. The molecule has 3 heteroatoms. The summed E-state index contributed by atoms with van der Waals surface area (Å²) in [6, 6.07) is 8.48. The third-order valence-corrected chi connectivity index (χ3v) is 3.33. The van der Waals surface area contributed by atoms with Crippen molar-refractivity contribution in [1.29, 1.82) is 0 Å². The quantitative estimate of drug-likeness (QED) is 0.752. The number of rotatable bonds is 7. The van der Waals surface area contributed by atoms with Crippen molar-refractivity contribution in [2.45, 2.75) is 39.0 Å². The fourth-order valence-electron chi connectivity index (χ4n) is 2.35. The standard InChI is InChI=1S/C15H23NO2/c1-2-3-8-18-12-15(17)11-16-9-13-6-4-5-7-14(13)10-16/h4-7,15,17H,2-3,8-12H2,1H3. The number of hydrogen-bond acceptors (Lipinski definition) is 3. The van der Waals surface area contributed by atoms with Crippen LogP contribution in [0.5, 0.6) is 0 Å². The number of ether oxygens (including phenoxy) is 1. The van der Waals surface area contributed by atoms with Crippen LogP contribution >= 0.6 is 0 Å². The van der Waals surface area contributed by atoms with Gasteiger partial charge in [-0.25, -0.2) is 0 Å². The van der Waals surface area contributed by atoms with Gasteiger partial charge in [-0.1, -0.05) is 37.6 Å². The van der Waals surface area contributed by atoms with Crippen LogP contribution in [0.4, 0.5) is 0 Å². The van der Waals surface area contributed by atoms with Gasteiger partial charge in [-0.3, -0.25) is 4.90 Å². The van der Waals surface area contributed by atoms with Crippen molar-refractivity contribution in [1.82, 2.24) is 4.90 Å². The number of nitrogens with zero attached hydrogens (tertiary/aromatic N) is 1. The number of unbranched alkanes of at least 4 members (excludes halogenated alkanes) is 1. The third-order valence-electron chi connectivity index (χ3n) is 3.33. The minimum Gasteiger partial charge on any atom is -0.389 e. The van der Waals surface area contributed by atoms with E-state index in [9.17, 15) is 5.11 Å². The van der Waals surface area contributed by atoms with Gasteiger partial charge in [-0.05, 0) is 17.5 Å². The van der Waals surface area contributed by atoms with E-state index >= 15 is 0 Å². The molecule has 0 aromatic heterocycles. The highest BCUT2D eigenvalue weighted by Gasteiger charge is 2.20. The molecule has 100 valence electrons. The summed E-state index contributed by atoms with van der Waals surface area (Å²) >= 11 is 0. The van der Waals surface area contributed by atoms with Crippen LogP contribution in [0.1, 0.15) is 30.9 Å². The summed E-state index contributed by atoms with van der Waals surface area (Å²) in [6.07, 6.45) is 1.83. The van der Waals surface area contributed by atoms with Crippen LogP contribution in [0.25, 0.3) is 0 Å². The topological polar surface area (TPSA) is 32.7 Å². The predicted molar refractivity (Wildman–Crippen MR) is 72.3 cm³/mol. The van der Waals surface area contributed by atoms with Crippen molar-refractivity contribution >= 4 is 0 Å². The van der Waals surface area contributed by atoms with Crippen LogP contribution in [0.3, 0.4) is 0 Å². The van der Waals surface area contributed by atoms with E-state index in [0.29, 0.717) is 13.2 Å². The van der Waals surface area contributed by atoms with Gasteiger partial charge in [0.1, 0.15) is 0 Å². The molecule has 1 aromatic rings. The Morgan fingerprint density at radius 3 is 2.56 bits per heavy atom. The summed E-state index contributed by atoms with van der Waals surface area (Å²) in [4.78, 5) is 2.28. The molecule has 0 saturated heterocycles. The molecule has 0 saturated carbocycles. The van der Waals surface area contributed by atoms with E-state index in [1.807, 2.05) is 0 Å². The molecule has 3 nitrogen and oxygen atoms in total. The highest BCUT2D eigenvalue weighted by molar-refractivity contribution is 5.30. The van der Waals surface area contributed by atoms with Crippen molar-refractivity contribution in [2.75, 3.05) is 19.8 Å². The molecule has 1 aliphatic heterocycles. The molecule has 0 aliphatic carbocycles. The second-order valence-corrected chi connectivity index (χ2v) is 5.02. The van der Waals surface area contributed by atoms with E-state index in [2.05, 4.69) is 36.1 Å². The number of aliphatic hydroxyl groups is 1. The zero-order chi connectivity index (χ0) is 12.8. The molecule has 0 fully saturated rings. The van der Waals surface area contributed by atoms with Gasteiger partial charge < -0.3 is 9.84 Å². The minimum atomic E-state index is -0.379. The van der Waals surface area contributed by atoms with Crippen molar-refractivity contribution in [3.8, 4) is 0 Å². The Morgan fingerprint density at radius 1 is 1.28 bits per heavy atom. The fourth-order valence-corrected chi connectivity index (χ4v) is 2.35. The second-order valence-electron chi connectivity index (χ2n) is 5.02. The molecule has 0 bridgehead atoms. The van der Waals surface area contributed by atoms with E-state index in [1.165, 1.54) is 11.1 Å². The predicted octanol–water partition coefficient (Wildman–Crippen LogP) is 2.18. The average Bonchev–Trinajstić information content (AvgIpc) is 2.76. The first-order valence-electron chi connectivity index (χ1n) is 6.84. The molecule has 0 amide bonds. The minimum absolute atomic E-state index is 0.379. The van der Waals surface area contributed by atoms with Gasteiger partial charge in [0.2, 0.25) is 0 Å². The van der Waals surface area contributed by atoms with Gasteiger partial charge in [0.25, 0.3) is 0 Å². The smallest absolute Gasteiger partial charge is 0.0900 e. The summed E-state index contributed by atoms with van der Waals surface area (Å²) in [7, 11) is 0. The molecule has 1 aromatic carbocycles. The van der Waals surface area contributed by atoms with Crippen LogP contribution in [-0.2, 0) is 17.8 Å². The average molecular weight is 249 g/mol. The lowest BCUT2D eigenvalue weighted by molar-refractivity contribution is 0.0151. The number of hydrogen-bond donors (Lipinski definition) is 1. The van der Waals surface area contributed by atoms with Gasteiger partial charge in [-0.2, -0.15) is 0 Å². The Balaban J connectivity index is 1.69. The SMILES string of the molecule is CCCCOCC(O)CN1Cc2ccccc2C1. The molecule has 0 radical (unpaired) electrons. The molecule has 1 N–H and O–H groups in total. The first kappa shape index (κ1) is 13.5. The van der Waals surface area contributed by atoms with E-state index < -0.39 is 0 Å². The van der Waals surface area contributed by atoms with Gasteiger partial charge in [0.05, 0.1) is 12.7 Å². The van der Waals surface area contributed by atoms with Crippen molar-refractivity contribution < 1.29 is 9.84 Å². The first-order chi connectivity index (χ1) is 8.79. The van der Waals surface area contributed by atoms with Crippen LogP contribution in [0.2, 0.25) is 0 Å². The number of aliphatic hydroxyl groups excluding tert-OH is 1. The Labute approximate surface area is 109 Å². The van der Waals surface area contributed by atoms with Crippen molar-refractivity contribution in [3.05, 3.63) is 35.4 Å². The zero-order valence-electron chi connectivity index (χ0n) is 11.1. The van der Waals surface area contributed by atoms with Crippen molar-refractivity contribution in [2.24, 2.45) is 0 Å². The van der Waals surface area contributed by atoms with E-state index in [0.717, 1.165) is 32.5 Å². The molecular weight excluding hydrogens is 226 g/mol. The maximum Gasteiger partial charge on any atom is 0.0900 e.